The smallest absolute Gasteiger partial charge is 0.250 e. The molecule has 3 rings (SSSR count). The molecule has 3 aromatic rings. The summed E-state index contributed by atoms with van der Waals surface area (Å²) in [6, 6.07) is 15.6. The summed E-state index contributed by atoms with van der Waals surface area (Å²) in [6.45, 7) is 6.97. The fraction of sp³-hybridized carbons (Fsp3) is 0.273. The van der Waals surface area contributed by atoms with Crippen LogP contribution in [-0.2, 0) is 19.6 Å². The molecule has 1 aromatic carbocycles. The quantitative estimate of drug-likeness (QED) is 0.279. The Morgan fingerprint density at radius 3 is 2.48 bits per heavy atom. The van der Waals surface area contributed by atoms with E-state index in [4.69, 9.17) is 0 Å². The van der Waals surface area contributed by atoms with Crippen LogP contribution in [0, 0.1) is 6.92 Å². The number of hydrogen-bond donors (Lipinski definition) is 2. The van der Waals surface area contributed by atoms with E-state index in [0.717, 1.165) is 30.2 Å². The van der Waals surface area contributed by atoms with Gasteiger partial charge in [0.25, 0.3) is 5.56 Å². The highest BCUT2D eigenvalue weighted by Crippen LogP contribution is 2.14. The summed E-state index contributed by atoms with van der Waals surface area (Å²) >= 11 is 1.76. The average molecular weight is 522 g/mol. The van der Waals surface area contributed by atoms with E-state index in [1.165, 1.54) is 10.4 Å². The first-order chi connectivity index (χ1) is 13.7. The topological polar surface area (TPSA) is 58.4 Å². The number of guanidine groups is 1. The van der Waals surface area contributed by atoms with Crippen LogP contribution in [-0.4, -0.2) is 17.1 Å². The first-order valence-electron chi connectivity index (χ1n) is 9.44. The molecular formula is C22H27IN4OS. The molecule has 0 spiro atoms. The highest BCUT2D eigenvalue weighted by atomic mass is 127. The average Bonchev–Trinajstić information content (AvgIpc) is 3.12. The normalized spacial score (nSPS) is 11.0. The molecule has 0 aliphatic heterocycles. The highest BCUT2D eigenvalue weighted by molar-refractivity contribution is 14.0. The summed E-state index contributed by atoms with van der Waals surface area (Å²) in [5.41, 5.74) is 3.55. The minimum absolute atomic E-state index is 0. The number of nitrogens with zero attached hydrogens (tertiary/aromatic N) is 2. The highest BCUT2D eigenvalue weighted by Gasteiger charge is 2.03. The fourth-order valence-electron chi connectivity index (χ4n) is 2.80. The molecule has 0 bridgehead atoms. The zero-order chi connectivity index (χ0) is 19.8. The molecule has 0 radical (unpaired) electrons. The number of halogens is 1. The van der Waals surface area contributed by atoms with Gasteiger partial charge in [-0.1, -0.05) is 30.3 Å². The second-order valence-electron chi connectivity index (χ2n) is 6.56. The Morgan fingerprint density at radius 2 is 1.83 bits per heavy atom. The Labute approximate surface area is 192 Å². The van der Waals surface area contributed by atoms with Crippen molar-refractivity contribution in [2.45, 2.75) is 33.5 Å². The lowest BCUT2D eigenvalue weighted by Gasteiger charge is -2.11. The van der Waals surface area contributed by atoms with E-state index in [9.17, 15) is 4.79 Å². The largest absolute Gasteiger partial charge is 0.357 e. The Morgan fingerprint density at radius 1 is 1.07 bits per heavy atom. The zero-order valence-electron chi connectivity index (χ0n) is 16.7. The lowest BCUT2D eigenvalue weighted by molar-refractivity contribution is 0.759. The van der Waals surface area contributed by atoms with Gasteiger partial charge in [0.15, 0.2) is 5.96 Å². The van der Waals surface area contributed by atoms with Crippen LogP contribution in [0.4, 0.5) is 0 Å². The van der Waals surface area contributed by atoms with Crippen molar-refractivity contribution in [2.75, 3.05) is 6.54 Å². The molecule has 154 valence electrons. The van der Waals surface area contributed by atoms with E-state index in [1.807, 2.05) is 12.3 Å². The van der Waals surface area contributed by atoms with Crippen molar-refractivity contribution in [3.05, 3.63) is 92.0 Å². The van der Waals surface area contributed by atoms with Gasteiger partial charge in [-0.3, -0.25) is 4.79 Å². The first-order valence-corrected chi connectivity index (χ1v) is 10.3. The van der Waals surface area contributed by atoms with Crippen molar-refractivity contribution < 1.29 is 0 Å². The van der Waals surface area contributed by atoms with Crippen LogP contribution in [0.2, 0.25) is 0 Å². The number of rotatable bonds is 7. The van der Waals surface area contributed by atoms with Gasteiger partial charge in [-0.15, -0.1) is 35.3 Å². The van der Waals surface area contributed by atoms with Gasteiger partial charge in [0.1, 0.15) is 0 Å². The van der Waals surface area contributed by atoms with E-state index in [-0.39, 0.29) is 29.5 Å². The molecule has 0 unspecified atom stereocenters. The molecule has 0 aliphatic carbocycles. The van der Waals surface area contributed by atoms with Crippen LogP contribution in [0.15, 0.2) is 69.9 Å². The minimum atomic E-state index is 0. The van der Waals surface area contributed by atoms with E-state index in [1.54, 1.807) is 28.0 Å². The molecule has 29 heavy (non-hydrogen) atoms. The van der Waals surface area contributed by atoms with E-state index in [0.29, 0.717) is 13.1 Å². The van der Waals surface area contributed by atoms with Crippen molar-refractivity contribution in [3.8, 4) is 0 Å². The van der Waals surface area contributed by atoms with Gasteiger partial charge < -0.3 is 15.2 Å². The summed E-state index contributed by atoms with van der Waals surface area (Å²) in [5.74, 6) is 0.815. The van der Waals surface area contributed by atoms with Crippen LogP contribution in [0.25, 0.3) is 0 Å². The second-order valence-corrected chi connectivity index (χ2v) is 7.56. The van der Waals surface area contributed by atoms with Gasteiger partial charge in [0.2, 0.25) is 0 Å². The van der Waals surface area contributed by atoms with E-state index >= 15 is 0 Å². The number of aryl methyl sites for hydroxylation is 1. The van der Waals surface area contributed by atoms with Gasteiger partial charge in [-0.05, 0) is 48.1 Å². The maximum absolute atomic E-state index is 11.8. The summed E-state index contributed by atoms with van der Waals surface area (Å²) in [7, 11) is 0. The molecule has 2 N–H and O–H groups in total. The molecule has 0 amide bonds. The first kappa shape index (κ1) is 23.2. The predicted octanol–water partition coefficient (Wildman–Crippen LogP) is 4.14. The Balaban J connectivity index is 0.00000300. The summed E-state index contributed by atoms with van der Waals surface area (Å²) < 4.78 is 1.70. The van der Waals surface area contributed by atoms with Crippen LogP contribution < -0.4 is 16.2 Å². The maximum atomic E-state index is 11.8. The summed E-state index contributed by atoms with van der Waals surface area (Å²) in [6.07, 6.45) is 1.81. The fourth-order valence-corrected chi connectivity index (χ4v) is 3.65. The molecule has 7 heteroatoms. The molecule has 0 saturated carbocycles. The Hall–Kier alpha value is -2.13. The van der Waals surface area contributed by atoms with E-state index < -0.39 is 0 Å². The van der Waals surface area contributed by atoms with Crippen molar-refractivity contribution in [3.63, 3.8) is 0 Å². The number of hydrogen-bond acceptors (Lipinski definition) is 3. The molecule has 0 saturated heterocycles. The predicted molar refractivity (Wildman–Crippen MR) is 132 cm³/mol. The minimum Gasteiger partial charge on any atom is -0.357 e. The van der Waals surface area contributed by atoms with Crippen LogP contribution >= 0.6 is 35.3 Å². The van der Waals surface area contributed by atoms with Crippen LogP contribution in [0.3, 0.4) is 0 Å². The lowest BCUT2D eigenvalue weighted by atomic mass is 10.1. The van der Waals surface area contributed by atoms with Gasteiger partial charge in [-0.2, -0.15) is 0 Å². The number of thiophene rings is 1. The standard InChI is InChI=1S/C22H26N4OS.HI/c1-3-23-22(25-15-20-17(2)11-13-28-20)24-14-18-7-9-19(10-8-18)16-26-12-5-4-6-21(26)27;/h4-13H,3,14-16H2,1-2H3,(H2,23,24,25);1H. The number of aliphatic imine (C=N–C) groups is 1. The van der Waals surface area contributed by atoms with Crippen LogP contribution in [0.1, 0.15) is 28.5 Å². The monoisotopic (exact) mass is 522 g/mol. The van der Waals surface area contributed by atoms with Crippen molar-refractivity contribution in [2.24, 2.45) is 4.99 Å². The molecule has 2 aromatic heterocycles. The second kappa shape index (κ2) is 11.8. The Kier molecular flexibility index (Phi) is 9.40. The van der Waals surface area contributed by atoms with E-state index in [2.05, 4.69) is 65.2 Å². The summed E-state index contributed by atoms with van der Waals surface area (Å²) in [4.78, 5) is 17.8. The van der Waals surface area contributed by atoms with Gasteiger partial charge in [-0.25, -0.2) is 4.99 Å². The molecule has 5 nitrogen and oxygen atoms in total. The molecule has 0 fully saturated rings. The van der Waals surface area contributed by atoms with Crippen molar-refractivity contribution >= 4 is 41.3 Å². The third-order valence-electron chi connectivity index (χ3n) is 4.42. The number of aromatic nitrogens is 1. The number of nitrogens with one attached hydrogen (secondary N) is 2. The van der Waals surface area contributed by atoms with Gasteiger partial charge in [0, 0.05) is 23.7 Å². The number of benzene rings is 1. The maximum Gasteiger partial charge on any atom is 0.250 e. The van der Waals surface area contributed by atoms with Gasteiger partial charge in [0.05, 0.1) is 19.6 Å². The Bertz CT molecular complexity index is 979. The third kappa shape index (κ3) is 7.01. The molecule has 0 aliphatic rings. The zero-order valence-corrected chi connectivity index (χ0v) is 19.9. The van der Waals surface area contributed by atoms with Crippen molar-refractivity contribution in [1.82, 2.24) is 15.2 Å². The third-order valence-corrected chi connectivity index (χ3v) is 5.45. The van der Waals surface area contributed by atoms with Gasteiger partial charge >= 0.3 is 0 Å². The SMILES string of the molecule is CCNC(=NCc1ccc(Cn2ccccc2=O)cc1)NCc1sccc1C.I. The number of pyridine rings is 1. The molecular weight excluding hydrogens is 495 g/mol. The lowest BCUT2D eigenvalue weighted by Crippen LogP contribution is -2.36. The molecule has 0 atom stereocenters. The van der Waals surface area contributed by atoms with Crippen LogP contribution in [0.5, 0.6) is 0 Å². The summed E-state index contributed by atoms with van der Waals surface area (Å²) in [5, 5.41) is 8.80. The van der Waals surface area contributed by atoms with Crippen molar-refractivity contribution in [1.29, 1.82) is 0 Å². The molecule has 2 heterocycles.